The van der Waals surface area contributed by atoms with E-state index in [1.807, 2.05) is 13.0 Å². The van der Waals surface area contributed by atoms with Crippen molar-refractivity contribution in [1.82, 2.24) is 15.2 Å². The summed E-state index contributed by atoms with van der Waals surface area (Å²) in [4.78, 5) is 56.6. The Morgan fingerprint density at radius 2 is 2.00 bits per heavy atom. The van der Waals surface area contributed by atoms with Gasteiger partial charge < -0.3 is 9.64 Å². The van der Waals surface area contributed by atoms with E-state index in [9.17, 15) is 19.2 Å². The molecule has 3 aliphatic rings. The molecule has 9 nitrogen and oxygen atoms in total. The third-order valence-electron chi connectivity index (χ3n) is 6.43. The van der Waals surface area contributed by atoms with Crippen LogP contribution in [0.3, 0.4) is 0 Å². The van der Waals surface area contributed by atoms with Crippen LogP contribution in [-0.4, -0.2) is 46.8 Å². The molecule has 178 valence electrons. The van der Waals surface area contributed by atoms with Gasteiger partial charge in [-0.15, -0.1) is 0 Å². The van der Waals surface area contributed by atoms with Gasteiger partial charge in [0.2, 0.25) is 11.8 Å². The second kappa shape index (κ2) is 8.87. The summed E-state index contributed by atoms with van der Waals surface area (Å²) in [5.74, 6) is 5.89. The molecule has 1 unspecified atom stereocenters. The van der Waals surface area contributed by atoms with Gasteiger partial charge in [0.15, 0.2) is 0 Å². The standard InChI is InChI=1S/C26H24N4O5/c1-15-17(6-5-16-3-4-16)11-19(13-27-15)29(2)26(34)35-20-8-7-18-14-30(25(33)21(18)12-20)22-9-10-23(31)28-24(22)32/h7-8,11-13,16,22H,3-4,9-10,14H2,1-2H3,(H,28,31,32). The van der Waals surface area contributed by atoms with Crippen molar-refractivity contribution in [3.63, 3.8) is 0 Å². The molecule has 4 amide bonds. The second-order valence-corrected chi connectivity index (χ2v) is 9.02. The Kier molecular flexibility index (Phi) is 5.73. The highest BCUT2D eigenvalue weighted by Gasteiger charge is 2.39. The van der Waals surface area contributed by atoms with E-state index in [-0.39, 0.29) is 37.0 Å². The Labute approximate surface area is 202 Å². The fourth-order valence-electron chi connectivity index (χ4n) is 4.11. The number of nitrogens with one attached hydrogen (secondary N) is 1. The Morgan fingerprint density at radius 1 is 1.20 bits per heavy atom. The first kappa shape index (κ1) is 22.6. The summed E-state index contributed by atoms with van der Waals surface area (Å²) in [6, 6.07) is 5.95. The SMILES string of the molecule is Cc1ncc(N(C)C(=O)Oc2ccc3c(c2)C(=O)N(C2CCC(=O)NC2=O)C3)cc1C#CC1CC1. The van der Waals surface area contributed by atoms with E-state index < -0.39 is 18.0 Å². The lowest BCUT2D eigenvalue weighted by molar-refractivity contribution is -0.136. The van der Waals surface area contributed by atoms with Gasteiger partial charge in [0.1, 0.15) is 11.8 Å². The molecular weight excluding hydrogens is 448 g/mol. The summed E-state index contributed by atoms with van der Waals surface area (Å²) in [6.45, 7) is 2.13. The van der Waals surface area contributed by atoms with Gasteiger partial charge in [-0.05, 0) is 49.9 Å². The van der Waals surface area contributed by atoms with Gasteiger partial charge in [0.25, 0.3) is 5.91 Å². The number of anilines is 1. The number of nitrogens with zero attached hydrogens (tertiary/aromatic N) is 3. The van der Waals surface area contributed by atoms with Gasteiger partial charge in [0.05, 0.1) is 17.6 Å². The average Bonchev–Trinajstić information content (AvgIpc) is 3.61. The zero-order chi connectivity index (χ0) is 24.7. The number of hydrogen-bond donors (Lipinski definition) is 1. The summed E-state index contributed by atoms with van der Waals surface area (Å²) in [7, 11) is 1.58. The summed E-state index contributed by atoms with van der Waals surface area (Å²) in [5.41, 5.74) is 3.21. The van der Waals surface area contributed by atoms with Gasteiger partial charge >= 0.3 is 6.09 Å². The number of aryl methyl sites for hydroxylation is 1. The highest BCUT2D eigenvalue weighted by Crippen LogP contribution is 2.31. The van der Waals surface area contributed by atoms with E-state index >= 15 is 0 Å². The van der Waals surface area contributed by atoms with Crippen LogP contribution in [0.25, 0.3) is 0 Å². The number of aromatic nitrogens is 1. The third kappa shape index (κ3) is 4.60. The largest absolute Gasteiger partial charge is 0.419 e. The molecule has 0 spiro atoms. The number of pyridine rings is 1. The maximum atomic E-state index is 13.0. The number of carbonyl (C=O) groups is 4. The molecule has 2 fully saturated rings. The van der Waals surface area contributed by atoms with Gasteiger partial charge in [-0.3, -0.25) is 29.6 Å². The lowest BCUT2D eigenvalue weighted by atomic mass is 10.0. The minimum absolute atomic E-state index is 0.188. The number of ether oxygens (including phenoxy) is 1. The van der Waals surface area contributed by atoms with Crippen molar-refractivity contribution >= 4 is 29.5 Å². The van der Waals surface area contributed by atoms with Gasteiger partial charge in [-0.1, -0.05) is 17.9 Å². The molecule has 1 N–H and O–H groups in total. The summed E-state index contributed by atoms with van der Waals surface area (Å²) < 4.78 is 5.53. The average molecular weight is 473 g/mol. The number of amides is 4. The number of piperidine rings is 1. The van der Waals surface area contributed by atoms with Crippen LogP contribution in [0.4, 0.5) is 10.5 Å². The quantitative estimate of drug-likeness (QED) is 0.543. The predicted molar refractivity (Wildman–Crippen MR) is 125 cm³/mol. The van der Waals surface area contributed by atoms with Crippen molar-refractivity contribution in [3.8, 4) is 17.6 Å². The number of imide groups is 1. The number of carbonyl (C=O) groups excluding carboxylic acids is 4. The monoisotopic (exact) mass is 472 g/mol. The number of rotatable bonds is 3. The molecule has 1 saturated heterocycles. The molecular formula is C26H24N4O5. The molecule has 2 aliphatic heterocycles. The van der Waals surface area contributed by atoms with Crippen molar-refractivity contribution in [2.24, 2.45) is 5.92 Å². The third-order valence-corrected chi connectivity index (χ3v) is 6.43. The molecule has 2 aromatic rings. The van der Waals surface area contributed by atoms with Crippen molar-refractivity contribution < 1.29 is 23.9 Å². The fraction of sp³-hybridized carbons (Fsp3) is 0.346. The summed E-state index contributed by atoms with van der Waals surface area (Å²) in [6.07, 6.45) is 3.68. The number of hydrogen-bond acceptors (Lipinski definition) is 6. The van der Waals surface area contributed by atoms with Crippen LogP contribution in [0.5, 0.6) is 5.75 Å². The van der Waals surface area contributed by atoms with Crippen molar-refractivity contribution in [2.45, 2.75) is 45.2 Å². The zero-order valence-corrected chi connectivity index (χ0v) is 19.5. The lowest BCUT2D eigenvalue weighted by Crippen LogP contribution is -2.52. The molecule has 35 heavy (non-hydrogen) atoms. The fourth-order valence-corrected chi connectivity index (χ4v) is 4.11. The summed E-state index contributed by atoms with van der Waals surface area (Å²) >= 11 is 0. The first-order valence-electron chi connectivity index (χ1n) is 11.5. The Morgan fingerprint density at radius 3 is 2.74 bits per heavy atom. The molecule has 0 radical (unpaired) electrons. The Balaban J connectivity index is 1.29. The minimum atomic E-state index is -0.698. The maximum absolute atomic E-state index is 13.0. The van der Waals surface area contributed by atoms with Crippen molar-refractivity contribution in [2.75, 3.05) is 11.9 Å². The zero-order valence-electron chi connectivity index (χ0n) is 19.5. The normalized spacial score (nSPS) is 19.0. The van der Waals surface area contributed by atoms with E-state index in [2.05, 4.69) is 22.1 Å². The lowest BCUT2D eigenvalue weighted by Gasteiger charge is -2.29. The molecule has 1 aromatic carbocycles. The Bertz CT molecular complexity index is 1320. The smallest absolute Gasteiger partial charge is 0.410 e. The summed E-state index contributed by atoms with van der Waals surface area (Å²) in [5, 5.41) is 2.28. The van der Waals surface area contributed by atoms with Gasteiger partial charge in [-0.25, -0.2) is 4.79 Å². The Hall–Kier alpha value is -4.19. The van der Waals surface area contributed by atoms with E-state index in [1.54, 1.807) is 25.4 Å². The highest BCUT2D eigenvalue weighted by molar-refractivity contribution is 6.05. The molecule has 1 aromatic heterocycles. The van der Waals surface area contributed by atoms with E-state index in [4.69, 9.17) is 4.74 Å². The number of fused-ring (bicyclic) bond motifs is 1. The van der Waals surface area contributed by atoms with Crippen LogP contribution in [0.1, 0.15) is 52.9 Å². The van der Waals surface area contributed by atoms with Crippen molar-refractivity contribution in [3.05, 3.63) is 52.8 Å². The van der Waals surface area contributed by atoms with E-state index in [0.29, 0.717) is 17.2 Å². The van der Waals surface area contributed by atoms with E-state index in [0.717, 1.165) is 29.7 Å². The van der Waals surface area contributed by atoms with Crippen LogP contribution >= 0.6 is 0 Å². The first-order valence-corrected chi connectivity index (χ1v) is 11.5. The predicted octanol–water partition coefficient (Wildman–Crippen LogP) is 2.55. The molecule has 5 rings (SSSR count). The molecule has 3 heterocycles. The molecule has 1 saturated carbocycles. The second-order valence-electron chi connectivity index (χ2n) is 9.02. The van der Waals surface area contributed by atoms with Crippen LogP contribution in [-0.2, 0) is 16.1 Å². The van der Waals surface area contributed by atoms with Crippen LogP contribution in [0.2, 0.25) is 0 Å². The maximum Gasteiger partial charge on any atom is 0.419 e. The van der Waals surface area contributed by atoms with Crippen LogP contribution in [0, 0.1) is 24.7 Å². The molecule has 1 aliphatic carbocycles. The molecule has 9 heteroatoms. The number of benzene rings is 1. The minimum Gasteiger partial charge on any atom is -0.410 e. The van der Waals surface area contributed by atoms with Gasteiger partial charge in [0, 0.05) is 37.1 Å². The van der Waals surface area contributed by atoms with Gasteiger partial charge in [-0.2, -0.15) is 0 Å². The molecule has 0 bridgehead atoms. The molecule has 1 atom stereocenters. The van der Waals surface area contributed by atoms with Crippen LogP contribution in [0.15, 0.2) is 30.5 Å². The van der Waals surface area contributed by atoms with E-state index in [1.165, 1.54) is 15.9 Å². The highest BCUT2D eigenvalue weighted by atomic mass is 16.6. The topological polar surface area (TPSA) is 109 Å². The first-order chi connectivity index (χ1) is 16.8. The van der Waals surface area contributed by atoms with Crippen molar-refractivity contribution in [1.29, 1.82) is 0 Å². The van der Waals surface area contributed by atoms with Crippen LogP contribution < -0.4 is 15.0 Å².